The van der Waals surface area contributed by atoms with Gasteiger partial charge in [0.15, 0.2) is 0 Å². The molecule has 114 valence electrons. The monoisotopic (exact) mass is 377 g/mol. The van der Waals surface area contributed by atoms with E-state index in [9.17, 15) is 4.79 Å². The molecule has 1 aromatic carbocycles. The molecule has 0 aliphatic rings. The number of rotatable bonds is 5. The van der Waals surface area contributed by atoms with Gasteiger partial charge < -0.3 is 5.32 Å². The van der Waals surface area contributed by atoms with Gasteiger partial charge in [-0.3, -0.25) is 9.78 Å². The van der Waals surface area contributed by atoms with Gasteiger partial charge in [0.25, 0.3) is 5.56 Å². The molecular formula is C16H16BrN3OS. The second-order valence-corrected chi connectivity index (χ2v) is 6.99. The van der Waals surface area contributed by atoms with Crippen LogP contribution in [0, 0.1) is 0 Å². The summed E-state index contributed by atoms with van der Waals surface area (Å²) in [6, 6.07) is 10.0. The molecule has 0 aliphatic carbocycles. The van der Waals surface area contributed by atoms with Crippen LogP contribution in [0.5, 0.6) is 0 Å². The highest BCUT2D eigenvalue weighted by molar-refractivity contribution is 9.10. The van der Waals surface area contributed by atoms with Crippen molar-refractivity contribution in [3.8, 4) is 10.4 Å². The van der Waals surface area contributed by atoms with Crippen LogP contribution in [0.25, 0.3) is 20.7 Å². The van der Waals surface area contributed by atoms with Crippen LogP contribution in [0.4, 0.5) is 5.95 Å². The predicted octanol–water partition coefficient (Wildman–Crippen LogP) is 4.63. The third kappa shape index (κ3) is 3.23. The van der Waals surface area contributed by atoms with Crippen molar-refractivity contribution in [1.29, 1.82) is 0 Å². The summed E-state index contributed by atoms with van der Waals surface area (Å²) >= 11 is 4.90. The number of unbranched alkanes of at least 4 members (excludes halogenated alkanes) is 1. The fourth-order valence-electron chi connectivity index (χ4n) is 2.16. The van der Waals surface area contributed by atoms with Crippen LogP contribution in [-0.2, 0) is 0 Å². The lowest BCUT2D eigenvalue weighted by molar-refractivity contribution is 0.826. The average molecular weight is 378 g/mol. The quantitative estimate of drug-likeness (QED) is 0.637. The van der Waals surface area contributed by atoms with Crippen LogP contribution in [0.2, 0.25) is 0 Å². The van der Waals surface area contributed by atoms with E-state index in [4.69, 9.17) is 0 Å². The highest BCUT2D eigenvalue weighted by Gasteiger charge is 2.10. The van der Waals surface area contributed by atoms with E-state index in [1.165, 1.54) is 11.3 Å². The fraction of sp³-hybridized carbons (Fsp3) is 0.250. The molecule has 0 atom stereocenters. The fourth-order valence-corrected chi connectivity index (χ4v) is 3.43. The first-order chi connectivity index (χ1) is 10.7. The minimum absolute atomic E-state index is 0.0858. The van der Waals surface area contributed by atoms with Crippen molar-refractivity contribution in [2.24, 2.45) is 0 Å². The van der Waals surface area contributed by atoms with Gasteiger partial charge in [-0.2, -0.15) is 0 Å². The van der Waals surface area contributed by atoms with E-state index in [2.05, 4.69) is 38.1 Å². The Morgan fingerprint density at radius 1 is 1.32 bits per heavy atom. The van der Waals surface area contributed by atoms with Crippen molar-refractivity contribution in [2.45, 2.75) is 19.8 Å². The van der Waals surface area contributed by atoms with Gasteiger partial charge in [0.05, 0.1) is 5.52 Å². The number of aromatic nitrogens is 2. The molecule has 3 rings (SSSR count). The van der Waals surface area contributed by atoms with E-state index in [-0.39, 0.29) is 5.56 Å². The topological polar surface area (TPSA) is 57.8 Å². The maximum Gasteiger partial charge on any atom is 0.270 e. The molecule has 6 heteroatoms. The molecule has 0 spiro atoms. The number of benzene rings is 1. The number of nitrogens with one attached hydrogen (secondary N) is 2. The number of halogens is 1. The van der Waals surface area contributed by atoms with Crippen molar-refractivity contribution in [2.75, 3.05) is 11.9 Å². The number of anilines is 1. The summed E-state index contributed by atoms with van der Waals surface area (Å²) < 4.78 is 1.70. The molecule has 2 N–H and O–H groups in total. The van der Waals surface area contributed by atoms with E-state index in [1.54, 1.807) is 0 Å². The summed E-state index contributed by atoms with van der Waals surface area (Å²) in [5, 5.41) is 3.17. The van der Waals surface area contributed by atoms with Gasteiger partial charge in [-0.25, -0.2) is 4.98 Å². The van der Waals surface area contributed by atoms with Crippen molar-refractivity contribution >= 4 is 43.4 Å². The zero-order valence-electron chi connectivity index (χ0n) is 12.1. The Balaban J connectivity index is 1.97. The second-order valence-electron chi connectivity index (χ2n) is 5.03. The molecule has 2 heterocycles. The smallest absolute Gasteiger partial charge is 0.270 e. The van der Waals surface area contributed by atoms with Gasteiger partial charge in [0.1, 0.15) is 4.70 Å². The third-order valence-corrected chi connectivity index (χ3v) is 5.04. The molecule has 0 amide bonds. The first kappa shape index (κ1) is 15.2. The van der Waals surface area contributed by atoms with Crippen LogP contribution in [-0.4, -0.2) is 16.5 Å². The first-order valence-corrected chi connectivity index (χ1v) is 8.82. The summed E-state index contributed by atoms with van der Waals surface area (Å²) in [5.74, 6) is 0.547. The molecule has 0 bridgehead atoms. The van der Waals surface area contributed by atoms with Gasteiger partial charge in [-0.05, 0) is 30.2 Å². The zero-order valence-corrected chi connectivity index (χ0v) is 14.6. The number of hydrogen-bond acceptors (Lipinski definition) is 4. The molecule has 0 unspecified atom stereocenters. The molecule has 0 radical (unpaired) electrons. The second kappa shape index (κ2) is 6.62. The van der Waals surface area contributed by atoms with Crippen LogP contribution in [0.15, 0.2) is 39.6 Å². The van der Waals surface area contributed by atoms with Crippen molar-refractivity contribution in [1.82, 2.24) is 9.97 Å². The lowest BCUT2D eigenvalue weighted by Gasteiger charge is -2.03. The number of thiophene rings is 1. The Labute approximate surface area is 140 Å². The molecular weight excluding hydrogens is 362 g/mol. The predicted molar refractivity (Wildman–Crippen MR) is 96.8 cm³/mol. The maximum absolute atomic E-state index is 12.2. The Bertz CT molecular complexity index is 839. The van der Waals surface area contributed by atoms with Crippen LogP contribution in [0.1, 0.15) is 19.8 Å². The largest absolute Gasteiger partial charge is 0.356 e. The van der Waals surface area contributed by atoms with E-state index < -0.39 is 0 Å². The maximum atomic E-state index is 12.2. The summed E-state index contributed by atoms with van der Waals surface area (Å²) in [4.78, 5) is 20.6. The van der Waals surface area contributed by atoms with Gasteiger partial charge in [0, 0.05) is 15.9 Å². The summed E-state index contributed by atoms with van der Waals surface area (Å²) in [5.41, 5.74) is 1.74. The first-order valence-electron chi connectivity index (χ1n) is 7.21. The Hall–Kier alpha value is -1.66. The van der Waals surface area contributed by atoms with E-state index in [1.807, 2.05) is 30.3 Å². The molecule has 0 saturated heterocycles. The van der Waals surface area contributed by atoms with Crippen LogP contribution >= 0.6 is 27.3 Å². The van der Waals surface area contributed by atoms with Gasteiger partial charge in [-0.1, -0.05) is 41.4 Å². The van der Waals surface area contributed by atoms with E-state index in [0.717, 1.165) is 39.8 Å². The van der Waals surface area contributed by atoms with Gasteiger partial charge in [0.2, 0.25) is 5.95 Å². The molecule has 4 nitrogen and oxygen atoms in total. The third-order valence-electron chi connectivity index (χ3n) is 3.33. The number of nitrogens with zero attached hydrogens (tertiary/aromatic N) is 1. The van der Waals surface area contributed by atoms with Gasteiger partial charge >= 0.3 is 0 Å². The van der Waals surface area contributed by atoms with Crippen LogP contribution in [0.3, 0.4) is 0 Å². The SMILES string of the molecule is CCCCNc1nc2cc(-c3ccc(Br)cc3)sc2c(=O)[nH]1. The number of hydrogen-bond donors (Lipinski definition) is 2. The highest BCUT2D eigenvalue weighted by Crippen LogP contribution is 2.31. The standard InChI is InChI=1S/C16H16BrN3OS/c1-2-3-8-18-16-19-12-9-13(22-14(12)15(21)20-16)10-4-6-11(17)7-5-10/h4-7,9H,2-3,8H2,1H3,(H2,18,19,20,21). The van der Waals surface area contributed by atoms with Gasteiger partial charge in [-0.15, -0.1) is 11.3 Å². The number of fused-ring (bicyclic) bond motifs is 1. The Morgan fingerprint density at radius 2 is 2.09 bits per heavy atom. The lowest BCUT2D eigenvalue weighted by atomic mass is 10.2. The molecule has 0 fully saturated rings. The van der Waals surface area contributed by atoms with E-state index in [0.29, 0.717) is 10.6 Å². The zero-order chi connectivity index (χ0) is 15.5. The number of aromatic amines is 1. The number of H-pyrrole nitrogens is 1. The molecule has 0 aliphatic heterocycles. The van der Waals surface area contributed by atoms with E-state index >= 15 is 0 Å². The normalized spacial score (nSPS) is 11.0. The molecule has 0 saturated carbocycles. The van der Waals surface area contributed by atoms with Crippen molar-refractivity contribution in [3.63, 3.8) is 0 Å². The molecule has 3 aromatic rings. The molecule has 2 aromatic heterocycles. The lowest BCUT2D eigenvalue weighted by Crippen LogP contribution is -2.12. The molecule has 22 heavy (non-hydrogen) atoms. The average Bonchev–Trinajstić information content (AvgIpc) is 2.93. The van der Waals surface area contributed by atoms with Crippen LogP contribution < -0.4 is 10.9 Å². The minimum Gasteiger partial charge on any atom is -0.356 e. The Kier molecular flexibility index (Phi) is 4.59. The van der Waals surface area contributed by atoms with Crippen molar-refractivity contribution in [3.05, 3.63) is 45.2 Å². The van der Waals surface area contributed by atoms with Crippen molar-refractivity contribution < 1.29 is 0 Å². The minimum atomic E-state index is -0.0858. The summed E-state index contributed by atoms with van der Waals surface area (Å²) in [7, 11) is 0. The summed E-state index contributed by atoms with van der Waals surface area (Å²) in [6.07, 6.45) is 2.15. The summed E-state index contributed by atoms with van der Waals surface area (Å²) in [6.45, 7) is 2.94. The Morgan fingerprint density at radius 3 is 2.82 bits per heavy atom. The highest BCUT2D eigenvalue weighted by atomic mass is 79.9.